The van der Waals surface area contributed by atoms with Gasteiger partial charge in [0.15, 0.2) is 0 Å². The largest absolute Gasteiger partial charge is 0.497 e. The number of amides is 1. The molecule has 132 valence electrons. The highest BCUT2D eigenvalue weighted by Gasteiger charge is 2.36. The van der Waals surface area contributed by atoms with Crippen LogP contribution in [0, 0.1) is 10.1 Å². The lowest BCUT2D eigenvalue weighted by molar-refractivity contribution is -0.528. The summed E-state index contributed by atoms with van der Waals surface area (Å²) in [5.74, 6) is -0.645. The second-order valence-corrected chi connectivity index (χ2v) is 4.99. The van der Waals surface area contributed by atoms with Gasteiger partial charge in [0.05, 0.1) is 26.7 Å². The summed E-state index contributed by atoms with van der Waals surface area (Å²) in [7, 11) is 2.89. The van der Waals surface area contributed by atoms with Crippen LogP contribution in [0.2, 0.25) is 0 Å². The van der Waals surface area contributed by atoms with Gasteiger partial charge in [0.2, 0.25) is 11.9 Å². The van der Waals surface area contributed by atoms with Crippen LogP contribution < -0.4 is 15.2 Å². The highest BCUT2D eigenvalue weighted by molar-refractivity contribution is 5.75. The van der Waals surface area contributed by atoms with E-state index < -0.39 is 22.8 Å². The second kappa shape index (κ2) is 9.33. The molecule has 0 fully saturated rings. The molecular weight excluding hydrogens is 320 g/mol. The standard InChI is InChI=1S/C15H20N2O7/c1-22-10-3-4-11(14(7-10)23-2)12(8-15(16)19)13(17(20)21)5-6-24-9-18/h3-4,7,9,12-13H,5-6,8H2,1-2H3,(H2,16,19). The van der Waals surface area contributed by atoms with Gasteiger partial charge in [0.1, 0.15) is 11.5 Å². The van der Waals surface area contributed by atoms with Gasteiger partial charge >= 0.3 is 0 Å². The van der Waals surface area contributed by atoms with Crippen molar-refractivity contribution in [3.63, 3.8) is 0 Å². The Hall–Kier alpha value is -2.84. The fourth-order valence-corrected chi connectivity index (χ4v) is 2.49. The fraction of sp³-hybridized carbons (Fsp3) is 0.467. The lowest BCUT2D eigenvalue weighted by Crippen LogP contribution is -2.32. The zero-order valence-electron chi connectivity index (χ0n) is 13.5. The minimum atomic E-state index is -1.17. The molecule has 0 saturated carbocycles. The number of carbonyl (C=O) groups excluding carboxylic acids is 2. The van der Waals surface area contributed by atoms with Crippen molar-refractivity contribution in [3.05, 3.63) is 33.9 Å². The van der Waals surface area contributed by atoms with Gasteiger partial charge in [-0.3, -0.25) is 19.7 Å². The van der Waals surface area contributed by atoms with Gasteiger partial charge in [-0.1, -0.05) is 6.07 Å². The molecule has 2 atom stereocenters. The summed E-state index contributed by atoms with van der Waals surface area (Å²) < 4.78 is 14.9. The number of hydrogen-bond donors (Lipinski definition) is 1. The first-order chi connectivity index (χ1) is 11.4. The first kappa shape index (κ1) is 19.2. The van der Waals surface area contributed by atoms with E-state index >= 15 is 0 Å². The van der Waals surface area contributed by atoms with E-state index in [4.69, 9.17) is 15.2 Å². The molecule has 2 N–H and O–H groups in total. The molecule has 24 heavy (non-hydrogen) atoms. The topological polar surface area (TPSA) is 131 Å². The molecule has 0 spiro atoms. The Morgan fingerprint density at radius 1 is 1.38 bits per heavy atom. The highest BCUT2D eigenvalue weighted by Crippen LogP contribution is 2.36. The van der Waals surface area contributed by atoms with E-state index in [2.05, 4.69) is 4.74 Å². The van der Waals surface area contributed by atoms with Crippen LogP contribution in [0.3, 0.4) is 0 Å². The van der Waals surface area contributed by atoms with Crippen molar-refractivity contribution < 1.29 is 28.7 Å². The second-order valence-electron chi connectivity index (χ2n) is 4.99. The van der Waals surface area contributed by atoms with E-state index in [9.17, 15) is 19.7 Å². The maximum atomic E-state index is 11.5. The van der Waals surface area contributed by atoms with Gasteiger partial charge in [-0.15, -0.1) is 0 Å². The predicted molar refractivity (Wildman–Crippen MR) is 83.5 cm³/mol. The van der Waals surface area contributed by atoms with Crippen LogP contribution in [-0.2, 0) is 14.3 Å². The Morgan fingerprint density at radius 3 is 2.58 bits per heavy atom. The number of carbonyl (C=O) groups is 2. The lowest BCUT2D eigenvalue weighted by Gasteiger charge is -2.22. The Morgan fingerprint density at radius 2 is 2.08 bits per heavy atom. The zero-order chi connectivity index (χ0) is 18.1. The molecule has 9 nitrogen and oxygen atoms in total. The number of rotatable bonds is 11. The van der Waals surface area contributed by atoms with Crippen molar-refractivity contribution in [1.82, 2.24) is 0 Å². The number of hydrogen-bond acceptors (Lipinski definition) is 7. The molecule has 0 aromatic heterocycles. The lowest BCUT2D eigenvalue weighted by atomic mass is 9.86. The van der Waals surface area contributed by atoms with Crippen molar-refractivity contribution in [1.29, 1.82) is 0 Å². The smallest absolute Gasteiger partial charge is 0.293 e. The van der Waals surface area contributed by atoms with Crippen LogP contribution in [0.5, 0.6) is 11.5 Å². The van der Waals surface area contributed by atoms with Crippen molar-refractivity contribution >= 4 is 12.4 Å². The summed E-state index contributed by atoms with van der Waals surface area (Å²) >= 11 is 0. The number of primary amides is 1. The van der Waals surface area contributed by atoms with Gasteiger partial charge in [-0.25, -0.2) is 0 Å². The SMILES string of the molecule is COc1ccc(C(CC(N)=O)C(CCOC=O)[N+](=O)[O-])c(OC)c1. The van der Waals surface area contributed by atoms with Crippen molar-refractivity contribution in [2.45, 2.75) is 24.8 Å². The minimum Gasteiger partial charge on any atom is -0.497 e. The molecule has 1 aromatic rings. The number of nitrogens with two attached hydrogens (primary N) is 1. The summed E-state index contributed by atoms with van der Waals surface area (Å²) in [6.07, 6.45) is -0.297. The first-order valence-corrected chi connectivity index (χ1v) is 7.13. The molecule has 0 radical (unpaired) electrons. The molecule has 0 saturated heterocycles. The molecule has 1 rings (SSSR count). The summed E-state index contributed by atoms with van der Waals surface area (Å²) in [5.41, 5.74) is 5.72. The monoisotopic (exact) mass is 340 g/mol. The zero-order valence-corrected chi connectivity index (χ0v) is 13.5. The van der Waals surface area contributed by atoms with Gasteiger partial charge in [0.25, 0.3) is 6.47 Å². The summed E-state index contributed by atoms with van der Waals surface area (Å²) in [6.45, 7) is 0.0803. The Balaban J connectivity index is 3.25. The normalized spacial score (nSPS) is 12.8. The Labute approximate surface area is 138 Å². The number of ether oxygens (including phenoxy) is 3. The molecule has 2 unspecified atom stereocenters. The minimum absolute atomic E-state index is 0.0567. The Kier molecular flexibility index (Phi) is 7.47. The predicted octanol–water partition coefficient (Wildman–Crippen LogP) is 0.871. The maximum absolute atomic E-state index is 11.5. The number of nitro groups is 1. The van der Waals surface area contributed by atoms with E-state index in [1.807, 2.05) is 0 Å². The van der Waals surface area contributed by atoms with Crippen LogP contribution in [-0.4, -0.2) is 44.2 Å². The molecule has 1 amide bonds. The summed E-state index contributed by atoms with van der Waals surface area (Å²) in [6, 6.07) is 3.62. The van der Waals surface area contributed by atoms with Crippen LogP contribution in [0.15, 0.2) is 18.2 Å². The Bertz CT molecular complexity index is 591. The van der Waals surface area contributed by atoms with Gasteiger partial charge < -0.3 is 19.9 Å². The maximum Gasteiger partial charge on any atom is 0.293 e. The van der Waals surface area contributed by atoms with Gasteiger partial charge in [-0.05, 0) is 6.07 Å². The van der Waals surface area contributed by atoms with Gasteiger partial charge in [-0.2, -0.15) is 0 Å². The van der Waals surface area contributed by atoms with Crippen LogP contribution in [0.1, 0.15) is 24.3 Å². The third-order valence-corrected chi connectivity index (χ3v) is 3.60. The number of methoxy groups -OCH3 is 2. The molecule has 0 bridgehead atoms. The van der Waals surface area contributed by atoms with Crippen molar-refractivity contribution in [2.24, 2.45) is 5.73 Å². The van der Waals surface area contributed by atoms with E-state index in [-0.39, 0.29) is 25.9 Å². The average molecular weight is 340 g/mol. The van der Waals surface area contributed by atoms with Crippen LogP contribution in [0.4, 0.5) is 0 Å². The number of nitrogens with zero attached hydrogens (tertiary/aromatic N) is 1. The van der Waals surface area contributed by atoms with E-state index in [1.54, 1.807) is 18.2 Å². The van der Waals surface area contributed by atoms with E-state index in [1.165, 1.54) is 14.2 Å². The molecular formula is C15H20N2O7. The third-order valence-electron chi connectivity index (χ3n) is 3.60. The van der Waals surface area contributed by atoms with Crippen molar-refractivity contribution in [2.75, 3.05) is 20.8 Å². The molecule has 0 aliphatic carbocycles. The highest BCUT2D eigenvalue weighted by atomic mass is 16.6. The summed E-state index contributed by atoms with van der Waals surface area (Å²) in [4.78, 5) is 32.6. The quantitative estimate of drug-likeness (QED) is 0.274. The first-order valence-electron chi connectivity index (χ1n) is 7.13. The molecule has 0 aliphatic heterocycles. The third kappa shape index (κ3) is 5.11. The molecule has 0 heterocycles. The van der Waals surface area contributed by atoms with Crippen LogP contribution in [0.25, 0.3) is 0 Å². The fourth-order valence-electron chi connectivity index (χ4n) is 2.49. The molecule has 1 aromatic carbocycles. The number of benzene rings is 1. The molecule has 0 aliphatic rings. The average Bonchev–Trinajstić information content (AvgIpc) is 2.56. The molecule has 9 heteroatoms. The van der Waals surface area contributed by atoms with Crippen molar-refractivity contribution in [3.8, 4) is 11.5 Å². The van der Waals surface area contributed by atoms with Crippen LogP contribution >= 0.6 is 0 Å². The van der Waals surface area contributed by atoms with Gasteiger partial charge in [0, 0.05) is 29.4 Å². The summed E-state index contributed by atoms with van der Waals surface area (Å²) in [5, 5.41) is 11.5. The van der Waals surface area contributed by atoms with E-state index in [0.717, 1.165) is 0 Å². The van der Waals surface area contributed by atoms with E-state index in [0.29, 0.717) is 17.1 Å².